The van der Waals surface area contributed by atoms with Crippen LogP contribution in [0.2, 0.25) is 0 Å². The monoisotopic (exact) mass is 259 g/mol. The van der Waals surface area contributed by atoms with E-state index >= 15 is 0 Å². The third-order valence-electron chi connectivity index (χ3n) is 1.59. The molecule has 1 unspecified atom stereocenters. The molecule has 0 aromatic carbocycles. The van der Waals surface area contributed by atoms with Crippen LogP contribution in [0, 0.1) is 0 Å². The Balaban J connectivity index is 3.60. The summed E-state index contributed by atoms with van der Waals surface area (Å²) in [5, 5.41) is 25.3. The summed E-state index contributed by atoms with van der Waals surface area (Å²) in [4.78, 5) is 5.29. The second-order valence-corrected chi connectivity index (χ2v) is 3.85. The molecule has 3 N–H and O–H groups in total. The van der Waals surface area contributed by atoms with Crippen molar-refractivity contribution in [3.63, 3.8) is 0 Å². The minimum absolute atomic E-state index is 0.00109. The van der Waals surface area contributed by atoms with Crippen LogP contribution >= 0.6 is 8.25 Å². The molecule has 0 saturated heterocycles. The summed E-state index contributed by atoms with van der Waals surface area (Å²) in [5.41, 5.74) is 0. The zero-order valence-corrected chi connectivity index (χ0v) is 9.87. The van der Waals surface area contributed by atoms with Gasteiger partial charge in [0.05, 0.1) is 19.8 Å². The fraction of sp³-hybridized carbons (Fsp3) is 1.00. The van der Waals surface area contributed by atoms with E-state index in [1.807, 2.05) is 0 Å². The maximum atomic E-state index is 11.1. The van der Waals surface area contributed by atoms with Crippen molar-refractivity contribution in [1.29, 1.82) is 0 Å². The largest absolute Gasteiger partial charge is 0.395 e. The predicted octanol–water partition coefficient (Wildman–Crippen LogP) is -0.857. The van der Waals surface area contributed by atoms with Gasteiger partial charge in [-0.25, -0.2) is 4.89 Å². The Morgan fingerprint density at radius 1 is 1.06 bits per heavy atom. The van der Waals surface area contributed by atoms with Gasteiger partial charge in [0.15, 0.2) is 0 Å². The molecule has 0 aromatic heterocycles. The van der Waals surface area contributed by atoms with Crippen molar-refractivity contribution in [2.75, 3.05) is 46.2 Å². The molecule has 0 aliphatic carbocycles. The summed E-state index contributed by atoms with van der Waals surface area (Å²) in [6.07, 6.45) is 0. The SMILES string of the molecule is O=[PH](OCCOO)OCN(CCO)CCO. The van der Waals surface area contributed by atoms with Crippen molar-refractivity contribution in [2.45, 2.75) is 0 Å². The molecule has 0 aliphatic heterocycles. The van der Waals surface area contributed by atoms with Gasteiger partial charge >= 0.3 is 8.25 Å². The molecule has 0 amide bonds. The maximum Gasteiger partial charge on any atom is 0.320 e. The highest BCUT2D eigenvalue weighted by molar-refractivity contribution is 7.33. The molecule has 16 heavy (non-hydrogen) atoms. The Labute approximate surface area is 94.2 Å². The topological polar surface area (TPSA) is 109 Å². The van der Waals surface area contributed by atoms with Gasteiger partial charge in [-0.15, -0.1) is 0 Å². The van der Waals surface area contributed by atoms with Crippen LogP contribution in [0.3, 0.4) is 0 Å². The lowest BCUT2D eigenvalue weighted by Gasteiger charge is -2.19. The summed E-state index contributed by atoms with van der Waals surface area (Å²) in [6.45, 7) is 0.349. The third kappa shape index (κ3) is 9.20. The molecule has 0 bridgehead atoms. The Morgan fingerprint density at radius 3 is 2.19 bits per heavy atom. The molecule has 0 heterocycles. The molecule has 8 nitrogen and oxygen atoms in total. The average molecular weight is 259 g/mol. The van der Waals surface area contributed by atoms with Crippen molar-refractivity contribution < 1.29 is 34.0 Å². The van der Waals surface area contributed by atoms with Crippen LogP contribution in [0.1, 0.15) is 0 Å². The highest BCUT2D eigenvalue weighted by Crippen LogP contribution is 2.23. The first kappa shape index (κ1) is 16.0. The number of aliphatic hydroxyl groups is 2. The highest BCUT2D eigenvalue weighted by Gasteiger charge is 2.06. The smallest absolute Gasteiger partial charge is 0.320 e. The summed E-state index contributed by atoms with van der Waals surface area (Å²) in [6, 6.07) is 0. The number of hydrogen-bond acceptors (Lipinski definition) is 8. The van der Waals surface area contributed by atoms with Gasteiger partial charge in [0, 0.05) is 13.1 Å². The standard InChI is InChI=1S/C7H18NO7P/c9-3-1-8(2-4-10)7-15-16(12)14-6-5-13-11/h9-11,16H,1-7H2. The normalized spacial score (nSPS) is 13.2. The molecular formula is C7H18NO7P. The number of hydrogen-bond donors (Lipinski definition) is 3. The van der Waals surface area contributed by atoms with E-state index in [1.54, 1.807) is 4.90 Å². The molecule has 0 aliphatic rings. The maximum absolute atomic E-state index is 11.1. The second kappa shape index (κ2) is 11.4. The molecule has 0 radical (unpaired) electrons. The minimum Gasteiger partial charge on any atom is -0.395 e. The van der Waals surface area contributed by atoms with E-state index in [1.165, 1.54) is 0 Å². The Morgan fingerprint density at radius 2 is 1.69 bits per heavy atom. The average Bonchev–Trinajstić information content (AvgIpc) is 2.27. The molecule has 9 heteroatoms. The molecule has 0 aromatic rings. The summed E-state index contributed by atoms with van der Waals surface area (Å²) in [7, 11) is -2.64. The third-order valence-corrected chi connectivity index (χ3v) is 2.40. The van der Waals surface area contributed by atoms with E-state index < -0.39 is 8.25 Å². The number of rotatable bonds is 11. The lowest BCUT2D eigenvalue weighted by atomic mass is 10.5. The first-order chi connectivity index (χ1) is 7.74. The van der Waals surface area contributed by atoms with Gasteiger partial charge in [0.1, 0.15) is 13.3 Å². The van der Waals surface area contributed by atoms with E-state index in [9.17, 15) is 4.57 Å². The molecule has 0 rings (SSSR count). The van der Waals surface area contributed by atoms with Crippen LogP contribution in [-0.2, 0) is 18.5 Å². The molecule has 0 spiro atoms. The summed E-state index contributed by atoms with van der Waals surface area (Å²) in [5.74, 6) is 0. The van der Waals surface area contributed by atoms with Crippen LogP contribution in [0.15, 0.2) is 0 Å². The van der Waals surface area contributed by atoms with E-state index in [4.69, 9.17) is 20.0 Å². The molecule has 0 saturated carbocycles. The number of nitrogens with zero attached hydrogens (tertiary/aromatic N) is 1. The van der Waals surface area contributed by atoms with Crippen LogP contribution < -0.4 is 0 Å². The Hall–Kier alpha value is -0.0500. The van der Waals surface area contributed by atoms with Crippen LogP contribution in [0.5, 0.6) is 0 Å². The van der Waals surface area contributed by atoms with Gasteiger partial charge in [0.2, 0.25) is 0 Å². The van der Waals surface area contributed by atoms with Crippen molar-refractivity contribution in [1.82, 2.24) is 4.90 Å². The highest BCUT2D eigenvalue weighted by atomic mass is 31.1. The fourth-order valence-corrected chi connectivity index (χ4v) is 1.49. The van der Waals surface area contributed by atoms with E-state index in [2.05, 4.69) is 9.41 Å². The quantitative estimate of drug-likeness (QED) is 0.145. The van der Waals surface area contributed by atoms with E-state index in [0.29, 0.717) is 13.1 Å². The zero-order chi connectivity index (χ0) is 12.2. The summed E-state index contributed by atoms with van der Waals surface area (Å²) >= 11 is 0. The molecule has 0 fully saturated rings. The first-order valence-corrected chi connectivity index (χ1v) is 5.97. The van der Waals surface area contributed by atoms with Crippen LogP contribution in [0.25, 0.3) is 0 Å². The second-order valence-electron chi connectivity index (χ2n) is 2.77. The van der Waals surface area contributed by atoms with Crippen LogP contribution in [-0.4, -0.2) is 66.6 Å². The minimum atomic E-state index is -2.64. The predicted molar refractivity (Wildman–Crippen MR) is 55.2 cm³/mol. The van der Waals surface area contributed by atoms with E-state index in [-0.39, 0.29) is 33.2 Å². The van der Waals surface area contributed by atoms with Crippen molar-refractivity contribution >= 4 is 8.25 Å². The van der Waals surface area contributed by atoms with Gasteiger partial charge in [-0.2, -0.15) is 0 Å². The van der Waals surface area contributed by atoms with Gasteiger partial charge in [-0.05, 0) is 0 Å². The van der Waals surface area contributed by atoms with Crippen LogP contribution in [0.4, 0.5) is 0 Å². The van der Waals surface area contributed by atoms with Gasteiger partial charge in [0.25, 0.3) is 0 Å². The molecule has 98 valence electrons. The van der Waals surface area contributed by atoms with Gasteiger partial charge in [-0.1, -0.05) is 0 Å². The van der Waals surface area contributed by atoms with E-state index in [0.717, 1.165) is 0 Å². The molecular weight excluding hydrogens is 241 g/mol. The van der Waals surface area contributed by atoms with Gasteiger partial charge in [-0.3, -0.25) is 19.2 Å². The first-order valence-electron chi connectivity index (χ1n) is 4.74. The Kier molecular flexibility index (Phi) is 11.4. The van der Waals surface area contributed by atoms with Crippen molar-refractivity contribution in [3.8, 4) is 0 Å². The van der Waals surface area contributed by atoms with Gasteiger partial charge < -0.3 is 14.7 Å². The summed E-state index contributed by atoms with van der Waals surface area (Å²) < 4.78 is 20.6. The Bertz CT molecular complexity index is 176. The van der Waals surface area contributed by atoms with Crippen molar-refractivity contribution in [2.24, 2.45) is 0 Å². The lowest BCUT2D eigenvalue weighted by molar-refractivity contribution is -0.245. The lowest BCUT2D eigenvalue weighted by Crippen LogP contribution is -2.31. The molecule has 1 atom stereocenters. The zero-order valence-electron chi connectivity index (χ0n) is 8.87. The fourth-order valence-electron chi connectivity index (χ4n) is 0.872. The van der Waals surface area contributed by atoms with Crippen molar-refractivity contribution in [3.05, 3.63) is 0 Å². The number of aliphatic hydroxyl groups excluding tert-OH is 2.